The number of hydrogen-bond acceptors (Lipinski definition) is 3. The van der Waals surface area contributed by atoms with Gasteiger partial charge in [-0.2, -0.15) is 5.10 Å². The van der Waals surface area contributed by atoms with E-state index in [0.29, 0.717) is 13.0 Å². The number of carbonyl (C=O) groups is 1. The number of aliphatic hydroxyl groups excluding tert-OH is 1. The average molecular weight is 265 g/mol. The molecule has 5 nitrogen and oxygen atoms in total. The zero-order chi connectivity index (χ0) is 13.8. The maximum Gasteiger partial charge on any atom is 0.227 e. The quantitative estimate of drug-likeness (QED) is 0.752. The van der Waals surface area contributed by atoms with Crippen LogP contribution in [-0.4, -0.2) is 33.9 Å². The van der Waals surface area contributed by atoms with Crippen LogP contribution in [0.3, 0.4) is 0 Å². The van der Waals surface area contributed by atoms with Crippen molar-refractivity contribution in [3.8, 4) is 0 Å². The van der Waals surface area contributed by atoms with Crippen LogP contribution in [0.25, 0.3) is 0 Å². The molecular weight excluding hydrogens is 242 g/mol. The van der Waals surface area contributed by atoms with Crippen molar-refractivity contribution in [1.29, 1.82) is 0 Å². The summed E-state index contributed by atoms with van der Waals surface area (Å²) in [5.41, 5.74) is 2.15. The van der Waals surface area contributed by atoms with E-state index in [9.17, 15) is 9.90 Å². The molecule has 106 valence electrons. The van der Waals surface area contributed by atoms with Gasteiger partial charge in [-0.1, -0.05) is 6.92 Å². The molecule has 2 rings (SSSR count). The van der Waals surface area contributed by atoms with E-state index in [2.05, 4.69) is 15.5 Å². The second-order valence-corrected chi connectivity index (χ2v) is 5.68. The van der Waals surface area contributed by atoms with E-state index in [4.69, 9.17) is 0 Å². The summed E-state index contributed by atoms with van der Waals surface area (Å²) in [6.07, 6.45) is 5.07. The van der Waals surface area contributed by atoms with E-state index in [0.717, 1.165) is 30.5 Å². The molecule has 0 aliphatic heterocycles. The molecule has 0 aromatic carbocycles. The second kappa shape index (κ2) is 6.19. The van der Waals surface area contributed by atoms with E-state index in [-0.39, 0.29) is 23.8 Å². The second-order valence-electron chi connectivity index (χ2n) is 5.68. The van der Waals surface area contributed by atoms with Crippen LogP contribution in [0.5, 0.6) is 0 Å². The number of amides is 1. The Morgan fingerprint density at radius 2 is 2.42 bits per heavy atom. The molecule has 1 aromatic rings. The van der Waals surface area contributed by atoms with Gasteiger partial charge in [-0.3, -0.25) is 9.89 Å². The van der Waals surface area contributed by atoms with Crippen molar-refractivity contribution in [2.45, 2.75) is 51.6 Å². The zero-order valence-corrected chi connectivity index (χ0v) is 11.6. The number of aliphatic hydroxyl groups is 1. The van der Waals surface area contributed by atoms with E-state index >= 15 is 0 Å². The molecular formula is C14H23N3O2. The van der Waals surface area contributed by atoms with E-state index < -0.39 is 0 Å². The molecule has 0 radical (unpaired) electrons. The fourth-order valence-electron chi connectivity index (χ4n) is 2.80. The molecule has 0 fully saturated rings. The van der Waals surface area contributed by atoms with Crippen LogP contribution in [-0.2, 0) is 11.2 Å². The van der Waals surface area contributed by atoms with Gasteiger partial charge in [0, 0.05) is 17.8 Å². The summed E-state index contributed by atoms with van der Waals surface area (Å²) in [6.45, 7) is 4.43. The van der Waals surface area contributed by atoms with Gasteiger partial charge in [0.25, 0.3) is 0 Å². The van der Waals surface area contributed by atoms with Gasteiger partial charge >= 0.3 is 0 Å². The lowest BCUT2D eigenvalue weighted by Gasteiger charge is -2.22. The summed E-state index contributed by atoms with van der Waals surface area (Å²) in [5.74, 6) is 0.303. The molecule has 0 saturated heterocycles. The minimum atomic E-state index is -0.318. The number of nitrogens with zero attached hydrogens (tertiary/aromatic N) is 1. The molecule has 0 bridgehead atoms. The third kappa shape index (κ3) is 3.56. The normalized spacial score (nSPS) is 21.5. The molecule has 5 heteroatoms. The summed E-state index contributed by atoms with van der Waals surface area (Å²) in [7, 11) is 0. The Morgan fingerprint density at radius 3 is 3.16 bits per heavy atom. The predicted molar refractivity (Wildman–Crippen MR) is 72.7 cm³/mol. The van der Waals surface area contributed by atoms with Crippen LogP contribution in [0.4, 0.5) is 0 Å². The Balaban J connectivity index is 1.88. The van der Waals surface area contributed by atoms with E-state index in [1.165, 1.54) is 0 Å². The molecule has 3 unspecified atom stereocenters. The van der Waals surface area contributed by atoms with Crippen LogP contribution in [0.15, 0.2) is 6.20 Å². The highest BCUT2D eigenvalue weighted by atomic mass is 16.3. The molecule has 1 amide bonds. The molecule has 1 aliphatic carbocycles. The maximum absolute atomic E-state index is 12.2. The Labute approximate surface area is 113 Å². The molecule has 0 saturated carbocycles. The summed E-state index contributed by atoms with van der Waals surface area (Å²) in [4.78, 5) is 12.2. The van der Waals surface area contributed by atoms with E-state index in [1.54, 1.807) is 13.1 Å². The van der Waals surface area contributed by atoms with E-state index in [1.807, 2.05) is 6.92 Å². The number of fused-ring (bicyclic) bond motifs is 1. The molecule has 1 heterocycles. The first-order valence-electron chi connectivity index (χ1n) is 7.05. The highest BCUT2D eigenvalue weighted by Gasteiger charge is 2.27. The van der Waals surface area contributed by atoms with Crippen molar-refractivity contribution in [2.24, 2.45) is 5.92 Å². The lowest BCUT2D eigenvalue weighted by molar-refractivity contribution is -0.123. The first kappa shape index (κ1) is 14.1. The van der Waals surface area contributed by atoms with Crippen LogP contribution in [0.2, 0.25) is 0 Å². The highest BCUT2D eigenvalue weighted by Crippen LogP contribution is 2.30. The molecule has 3 N–H and O–H groups in total. The fourth-order valence-corrected chi connectivity index (χ4v) is 2.80. The first-order chi connectivity index (χ1) is 9.08. The number of carbonyl (C=O) groups excluding carboxylic acids is 1. The average Bonchev–Trinajstić information content (AvgIpc) is 2.83. The number of rotatable bonds is 5. The van der Waals surface area contributed by atoms with Crippen molar-refractivity contribution in [2.75, 3.05) is 6.54 Å². The lowest BCUT2D eigenvalue weighted by atomic mass is 9.86. The van der Waals surface area contributed by atoms with Crippen LogP contribution in [0.1, 0.15) is 50.3 Å². The molecule has 3 atom stereocenters. The maximum atomic E-state index is 12.2. The van der Waals surface area contributed by atoms with Crippen LogP contribution >= 0.6 is 0 Å². The summed E-state index contributed by atoms with van der Waals surface area (Å²) >= 11 is 0. The molecule has 1 aromatic heterocycles. The van der Waals surface area contributed by atoms with Gasteiger partial charge in [-0.25, -0.2) is 0 Å². The summed E-state index contributed by atoms with van der Waals surface area (Å²) < 4.78 is 0. The van der Waals surface area contributed by atoms with Gasteiger partial charge in [0.1, 0.15) is 0 Å². The standard InChI is InChI=1S/C14H23N3O2/c1-9(6-10(2)18)7-15-14(19)11-4-3-5-13-12(11)8-16-17-13/h8-11,18H,3-7H2,1-2H3,(H,15,19)(H,16,17). The number of hydrogen-bond donors (Lipinski definition) is 3. The van der Waals surface area contributed by atoms with Gasteiger partial charge in [0.2, 0.25) is 5.91 Å². The lowest BCUT2D eigenvalue weighted by Crippen LogP contribution is -2.34. The number of aryl methyl sites for hydroxylation is 1. The van der Waals surface area contributed by atoms with Crippen molar-refractivity contribution >= 4 is 5.91 Å². The van der Waals surface area contributed by atoms with Crippen molar-refractivity contribution in [3.63, 3.8) is 0 Å². The summed E-state index contributed by atoms with van der Waals surface area (Å²) in [5, 5.41) is 19.3. The first-order valence-corrected chi connectivity index (χ1v) is 7.05. The van der Waals surface area contributed by atoms with Crippen molar-refractivity contribution in [3.05, 3.63) is 17.5 Å². The minimum Gasteiger partial charge on any atom is -0.393 e. The molecule has 1 aliphatic rings. The third-order valence-electron chi connectivity index (χ3n) is 3.73. The molecule has 19 heavy (non-hydrogen) atoms. The largest absolute Gasteiger partial charge is 0.393 e. The van der Waals surface area contributed by atoms with Crippen LogP contribution < -0.4 is 5.32 Å². The minimum absolute atomic E-state index is 0.0683. The number of H-pyrrole nitrogens is 1. The van der Waals surface area contributed by atoms with Gasteiger partial charge in [0.05, 0.1) is 18.2 Å². The van der Waals surface area contributed by atoms with Gasteiger partial charge in [-0.05, 0) is 38.5 Å². The third-order valence-corrected chi connectivity index (χ3v) is 3.73. The Hall–Kier alpha value is -1.36. The Kier molecular flexibility index (Phi) is 4.58. The van der Waals surface area contributed by atoms with Gasteiger partial charge in [-0.15, -0.1) is 0 Å². The Bertz CT molecular complexity index is 428. The Morgan fingerprint density at radius 1 is 1.63 bits per heavy atom. The number of nitrogens with one attached hydrogen (secondary N) is 2. The van der Waals surface area contributed by atoms with Gasteiger partial charge < -0.3 is 10.4 Å². The predicted octanol–water partition coefficient (Wildman–Crippen LogP) is 1.35. The number of aromatic amines is 1. The summed E-state index contributed by atoms with van der Waals surface area (Å²) in [6, 6.07) is 0. The number of aromatic nitrogens is 2. The SMILES string of the molecule is CC(O)CC(C)CNC(=O)C1CCCc2[nH]ncc21. The zero-order valence-electron chi connectivity index (χ0n) is 11.6. The topological polar surface area (TPSA) is 78.0 Å². The smallest absolute Gasteiger partial charge is 0.227 e. The van der Waals surface area contributed by atoms with Crippen molar-refractivity contribution < 1.29 is 9.90 Å². The van der Waals surface area contributed by atoms with Gasteiger partial charge in [0.15, 0.2) is 0 Å². The monoisotopic (exact) mass is 265 g/mol. The van der Waals surface area contributed by atoms with Crippen LogP contribution in [0, 0.1) is 5.92 Å². The highest BCUT2D eigenvalue weighted by molar-refractivity contribution is 5.84. The molecule has 0 spiro atoms. The van der Waals surface area contributed by atoms with Crippen molar-refractivity contribution in [1.82, 2.24) is 15.5 Å². The fraction of sp³-hybridized carbons (Fsp3) is 0.714.